The summed E-state index contributed by atoms with van der Waals surface area (Å²) < 4.78 is 47.6. The zero-order chi connectivity index (χ0) is 21.1. The molecule has 0 amide bonds. The summed E-state index contributed by atoms with van der Waals surface area (Å²) in [6.45, 7) is 5.58. The molecule has 0 aliphatic rings. The van der Waals surface area contributed by atoms with E-state index in [0.717, 1.165) is 0 Å². The molecule has 0 saturated heterocycles. The van der Waals surface area contributed by atoms with Crippen molar-refractivity contribution in [3.63, 3.8) is 0 Å². The van der Waals surface area contributed by atoms with Gasteiger partial charge in [-0.3, -0.25) is 4.99 Å². The summed E-state index contributed by atoms with van der Waals surface area (Å²) in [6, 6.07) is 9.86. The van der Waals surface area contributed by atoms with Gasteiger partial charge in [-0.25, -0.2) is 0 Å². The Labute approximate surface area is 163 Å². The highest BCUT2D eigenvalue weighted by Crippen LogP contribution is 2.48. The average Bonchev–Trinajstić information content (AvgIpc) is 2.65. The number of aliphatic hydroxyl groups is 1. The van der Waals surface area contributed by atoms with Crippen molar-refractivity contribution in [1.82, 2.24) is 0 Å². The van der Waals surface area contributed by atoms with Crippen LogP contribution in [0.2, 0.25) is 0 Å². The van der Waals surface area contributed by atoms with Gasteiger partial charge in [-0.05, 0) is 38.0 Å². The van der Waals surface area contributed by atoms with E-state index >= 15 is 0 Å². The summed E-state index contributed by atoms with van der Waals surface area (Å²) in [5.74, 6) is -0.0561. The Morgan fingerprint density at radius 3 is 2.21 bits per heavy atom. The number of alkyl halides is 3. The van der Waals surface area contributed by atoms with Gasteiger partial charge in [0.25, 0.3) is 0 Å². The van der Waals surface area contributed by atoms with E-state index in [2.05, 4.69) is 4.99 Å². The summed E-state index contributed by atoms with van der Waals surface area (Å²) >= 11 is 0. The highest BCUT2D eigenvalue weighted by Gasteiger charge is 2.57. The molecule has 0 radical (unpaired) electrons. The Hall–Kier alpha value is -2.54. The third-order valence-corrected chi connectivity index (χ3v) is 4.58. The number of methoxy groups -OCH3 is 1. The SMILES string of the molecule is CN=CN(c1cc(OC)c(C(O)(c2ccccc2)C(F)(F)F)cc1C)C(C)C. The molecule has 0 spiro atoms. The van der Waals surface area contributed by atoms with E-state index in [4.69, 9.17) is 4.74 Å². The fourth-order valence-corrected chi connectivity index (χ4v) is 3.16. The van der Waals surface area contributed by atoms with Gasteiger partial charge in [0.2, 0.25) is 5.60 Å². The molecule has 0 aromatic heterocycles. The van der Waals surface area contributed by atoms with E-state index in [0.29, 0.717) is 11.3 Å². The lowest BCUT2D eigenvalue weighted by Gasteiger charge is -2.34. The monoisotopic (exact) mass is 394 g/mol. The minimum atomic E-state index is -4.95. The standard InChI is InChI=1S/C21H25F3N2O2/c1-14(2)26(13-25-4)18-12-19(28-5)17(11-15(18)3)20(27,21(22,23)24)16-9-7-6-8-10-16/h6-14,27H,1-5H3. The number of ether oxygens (including phenoxy) is 1. The van der Waals surface area contributed by atoms with Gasteiger partial charge in [0, 0.05) is 30.4 Å². The van der Waals surface area contributed by atoms with Crippen LogP contribution in [0, 0.1) is 6.92 Å². The first kappa shape index (κ1) is 21.8. The van der Waals surface area contributed by atoms with Gasteiger partial charge in [0.1, 0.15) is 5.75 Å². The molecule has 4 nitrogen and oxygen atoms in total. The van der Waals surface area contributed by atoms with Crippen LogP contribution in [0.4, 0.5) is 18.9 Å². The molecule has 0 aliphatic carbocycles. The fourth-order valence-electron chi connectivity index (χ4n) is 3.16. The number of hydrogen-bond donors (Lipinski definition) is 1. The lowest BCUT2D eigenvalue weighted by atomic mass is 9.84. The largest absolute Gasteiger partial charge is 0.496 e. The van der Waals surface area contributed by atoms with Crippen molar-refractivity contribution in [3.05, 3.63) is 59.2 Å². The van der Waals surface area contributed by atoms with Gasteiger partial charge in [0.15, 0.2) is 0 Å². The highest BCUT2D eigenvalue weighted by atomic mass is 19.4. The maximum absolute atomic E-state index is 14.1. The number of aliphatic imine (C=N–C) groups is 1. The molecule has 2 aromatic carbocycles. The average molecular weight is 394 g/mol. The van der Waals surface area contributed by atoms with E-state index in [1.54, 1.807) is 26.4 Å². The number of aryl methyl sites for hydroxylation is 1. The first-order valence-corrected chi connectivity index (χ1v) is 8.82. The molecule has 1 unspecified atom stereocenters. The normalized spacial score (nSPS) is 14.4. The van der Waals surface area contributed by atoms with Crippen LogP contribution in [-0.4, -0.2) is 37.8 Å². The van der Waals surface area contributed by atoms with Crippen molar-refractivity contribution < 1.29 is 23.0 Å². The third-order valence-electron chi connectivity index (χ3n) is 4.58. The fraction of sp³-hybridized carbons (Fsp3) is 0.381. The molecule has 7 heteroatoms. The molecule has 0 fully saturated rings. The second kappa shape index (κ2) is 8.22. The van der Waals surface area contributed by atoms with Crippen molar-refractivity contribution in [2.45, 2.75) is 38.6 Å². The second-order valence-corrected chi connectivity index (χ2v) is 6.79. The third kappa shape index (κ3) is 3.85. The van der Waals surface area contributed by atoms with Crippen LogP contribution in [0.5, 0.6) is 5.75 Å². The van der Waals surface area contributed by atoms with E-state index in [1.807, 2.05) is 18.7 Å². The molecular formula is C21H25F3N2O2. The van der Waals surface area contributed by atoms with Gasteiger partial charge in [0.05, 0.1) is 13.4 Å². The molecule has 28 heavy (non-hydrogen) atoms. The summed E-state index contributed by atoms with van der Waals surface area (Å²) in [4.78, 5) is 5.85. The van der Waals surface area contributed by atoms with Crippen LogP contribution < -0.4 is 9.64 Å². The Morgan fingerprint density at radius 2 is 1.75 bits per heavy atom. The smallest absolute Gasteiger partial charge is 0.425 e. The minimum absolute atomic E-state index is 0.0218. The van der Waals surface area contributed by atoms with Crippen molar-refractivity contribution in [3.8, 4) is 5.75 Å². The Kier molecular flexibility index (Phi) is 6.39. The topological polar surface area (TPSA) is 45.1 Å². The van der Waals surface area contributed by atoms with Gasteiger partial charge >= 0.3 is 6.18 Å². The van der Waals surface area contributed by atoms with Crippen LogP contribution in [-0.2, 0) is 5.60 Å². The van der Waals surface area contributed by atoms with Gasteiger partial charge in [-0.15, -0.1) is 0 Å². The number of rotatable bonds is 6. The summed E-state index contributed by atoms with van der Waals surface area (Å²) in [5.41, 5.74) is -2.62. The first-order valence-electron chi connectivity index (χ1n) is 8.82. The Morgan fingerprint density at radius 1 is 1.14 bits per heavy atom. The molecular weight excluding hydrogens is 369 g/mol. The lowest BCUT2D eigenvalue weighted by molar-refractivity contribution is -0.248. The Balaban J connectivity index is 2.78. The molecule has 0 saturated carbocycles. The van der Waals surface area contributed by atoms with E-state index in [9.17, 15) is 18.3 Å². The van der Waals surface area contributed by atoms with E-state index in [1.165, 1.54) is 43.5 Å². The molecule has 1 atom stereocenters. The zero-order valence-corrected chi connectivity index (χ0v) is 16.6. The molecule has 2 rings (SSSR count). The maximum Gasteiger partial charge on any atom is 0.425 e. The van der Waals surface area contributed by atoms with Crippen LogP contribution in [0.25, 0.3) is 0 Å². The minimum Gasteiger partial charge on any atom is -0.496 e. The summed E-state index contributed by atoms with van der Waals surface area (Å²) in [5, 5.41) is 10.9. The summed E-state index contributed by atoms with van der Waals surface area (Å²) in [6.07, 6.45) is -3.34. The van der Waals surface area contributed by atoms with Gasteiger partial charge in [-0.2, -0.15) is 13.2 Å². The molecule has 152 valence electrons. The van der Waals surface area contributed by atoms with Gasteiger partial charge in [-0.1, -0.05) is 30.3 Å². The van der Waals surface area contributed by atoms with Crippen molar-refractivity contribution in [2.75, 3.05) is 19.1 Å². The van der Waals surface area contributed by atoms with Crippen LogP contribution in [0.1, 0.15) is 30.5 Å². The number of benzene rings is 2. The molecule has 0 aliphatic heterocycles. The van der Waals surface area contributed by atoms with E-state index in [-0.39, 0.29) is 22.9 Å². The highest BCUT2D eigenvalue weighted by molar-refractivity contribution is 5.82. The zero-order valence-electron chi connectivity index (χ0n) is 16.6. The van der Waals surface area contributed by atoms with Crippen molar-refractivity contribution >= 4 is 12.0 Å². The lowest BCUT2D eigenvalue weighted by Crippen LogP contribution is -2.43. The number of hydrogen-bond acceptors (Lipinski definition) is 3. The molecule has 0 bridgehead atoms. The van der Waals surface area contributed by atoms with Crippen LogP contribution in [0.15, 0.2) is 47.5 Å². The van der Waals surface area contributed by atoms with Crippen LogP contribution in [0.3, 0.4) is 0 Å². The predicted octanol–water partition coefficient (Wildman–Crippen LogP) is 4.67. The number of halogens is 3. The first-order chi connectivity index (χ1) is 13.1. The van der Waals surface area contributed by atoms with Crippen molar-refractivity contribution in [2.24, 2.45) is 4.99 Å². The number of nitrogens with zero attached hydrogens (tertiary/aromatic N) is 2. The van der Waals surface area contributed by atoms with Crippen LogP contribution >= 0.6 is 0 Å². The quantitative estimate of drug-likeness (QED) is 0.572. The van der Waals surface area contributed by atoms with Crippen molar-refractivity contribution in [1.29, 1.82) is 0 Å². The van der Waals surface area contributed by atoms with Gasteiger partial charge < -0.3 is 14.7 Å². The molecule has 0 heterocycles. The maximum atomic E-state index is 14.1. The molecule has 2 aromatic rings. The van der Waals surface area contributed by atoms with E-state index < -0.39 is 11.8 Å². The Bertz CT molecular complexity index is 836. The summed E-state index contributed by atoms with van der Waals surface area (Å²) in [7, 11) is 2.90. The second-order valence-electron chi connectivity index (χ2n) is 6.79. The predicted molar refractivity (Wildman–Crippen MR) is 105 cm³/mol. The number of anilines is 1. The molecule has 1 N–H and O–H groups in total.